The van der Waals surface area contributed by atoms with E-state index in [0.717, 1.165) is 35.1 Å². The quantitative estimate of drug-likeness (QED) is 0.723. The maximum atomic E-state index is 13.3. The number of carbonyl (C=O) groups is 1. The molecule has 2 heterocycles. The molecule has 0 unspecified atom stereocenters. The molecule has 0 spiro atoms. The van der Waals surface area contributed by atoms with Crippen LogP contribution in [0.5, 0.6) is 0 Å². The van der Waals surface area contributed by atoms with E-state index in [4.69, 9.17) is 11.6 Å². The molecule has 0 atom stereocenters. The van der Waals surface area contributed by atoms with Gasteiger partial charge in [0.05, 0.1) is 5.41 Å². The molecule has 0 fully saturated rings. The van der Waals surface area contributed by atoms with Gasteiger partial charge in [0, 0.05) is 34.4 Å². The zero-order valence-corrected chi connectivity index (χ0v) is 14.5. The highest BCUT2D eigenvalue weighted by Gasteiger charge is 2.38. The minimum atomic E-state index is -0.639. The van der Waals surface area contributed by atoms with Gasteiger partial charge >= 0.3 is 0 Å². The van der Waals surface area contributed by atoms with Crippen LogP contribution in [0, 0.1) is 0 Å². The molecule has 1 aliphatic heterocycles. The SMILES string of the molecule is CC(C)(C(=O)N1CCc2ccccc21)c1c[nH]c2ccc(Cl)cc12. The van der Waals surface area contributed by atoms with Crippen LogP contribution in [0.15, 0.2) is 48.7 Å². The minimum absolute atomic E-state index is 0.119. The van der Waals surface area contributed by atoms with Crippen LogP contribution in [0.4, 0.5) is 5.69 Å². The lowest BCUT2D eigenvalue weighted by Gasteiger charge is -2.29. The number of benzene rings is 2. The molecule has 4 heteroatoms. The van der Waals surface area contributed by atoms with Gasteiger partial charge in [-0.25, -0.2) is 0 Å². The number of nitrogens with one attached hydrogen (secondary N) is 1. The van der Waals surface area contributed by atoms with Gasteiger partial charge in [-0.05, 0) is 55.7 Å². The Kier molecular flexibility index (Phi) is 3.43. The summed E-state index contributed by atoms with van der Waals surface area (Å²) in [4.78, 5) is 18.5. The summed E-state index contributed by atoms with van der Waals surface area (Å²) in [6.07, 6.45) is 2.85. The summed E-state index contributed by atoms with van der Waals surface area (Å²) >= 11 is 6.16. The van der Waals surface area contributed by atoms with Crippen molar-refractivity contribution in [3.05, 3.63) is 64.8 Å². The van der Waals surface area contributed by atoms with Crippen LogP contribution >= 0.6 is 11.6 Å². The largest absolute Gasteiger partial charge is 0.361 e. The normalized spacial score (nSPS) is 14.2. The van der Waals surface area contributed by atoms with E-state index in [9.17, 15) is 4.79 Å². The Hall–Kier alpha value is -2.26. The van der Waals surface area contributed by atoms with Gasteiger partial charge in [-0.1, -0.05) is 29.8 Å². The molecule has 1 N–H and O–H groups in total. The average molecular weight is 339 g/mol. The molecule has 122 valence electrons. The summed E-state index contributed by atoms with van der Waals surface area (Å²) in [5.41, 5.74) is 3.61. The standard InChI is InChI=1S/C20H19ClN2O/c1-20(2,16-12-22-17-8-7-14(21)11-15(16)17)19(24)23-10-9-13-5-3-4-6-18(13)23/h3-8,11-12,22H,9-10H2,1-2H3. The summed E-state index contributed by atoms with van der Waals surface area (Å²) in [6, 6.07) is 13.9. The van der Waals surface area contributed by atoms with Crippen LogP contribution in [-0.4, -0.2) is 17.4 Å². The van der Waals surface area contributed by atoms with E-state index in [-0.39, 0.29) is 5.91 Å². The molecule has 1 aliphatic rings. The number of amides is 1. The molecular weight excluding hydrogens is 320 g/mol. The number of anilines is 1. The number of carbonyl (C=O) groups excluding carboxylic acids is 1. The third-order valence-electron chi connectivity index (χ3n) is 4.98. The lowest BCUT2D eigenvalue weighted by Crippen LogP contribution is -2.42. The number of fused-ring (bicyclic) bond motifs is 2. The highest BCUT2D eigenvalue weighted by atomic mass is 35.5. The molecule has 1 aromatic heterocycles. The number of nitrogens with zero attached hydrogens (tertiary/aromatic N) is 1. The first kappa shape index (κ1) is 15.3. The number of halogens is 1. The van der Waals surface area contributed by atoms with Crippen molar-refractivity contribution in [1.82, 2.24) is 4.98 Å². The number of hydrogen-bond acceptors (Lipinski definition) is 1. The molecule has 3 nitrogen and oxygen atoms in total. The first-order valence-corrected chi connectivity index (χ1v) is 8.53. The molecule has 1 amide bonds. The van der Waals surface area contributed by atoms with Gasteiger partial charge in [0.2, 0.25) is 5.91 Å². The fourth-order valence-electron chi connectivity index (χ4n) is 3.61. The second-order valence-corrected chi connectivity index (χ2v) is 7.29. The zero-order chi connectivity index (χ0) is 16.9. The summed E-state index contributed by atoms with van der Waals surface area (Å²) < 4.78 is 0. The molecule has 0 saturated carbocycles. The van der Waals surface area contributed by atoms with Gasteiger partial charge in [0.25, 0.3) is 0 Å². The number of hydrogen-bond donors (Lipinski definition) is 1. The number of aromatic amines is 1. The highest BCUT2D eigenvalue weighted by molar-refractivity contribution is 6.31. The van der Waals surface area contributed by atoms with Crippen LogP contribution in [0.25, 0.3) is 10.9 Å². The molecule has 24 heavy (non-hydrogen) atoms. The van der Waals surface area contributed by atoms with E-state index in [1.54, 1.807) is 0 Å². The Labute approximate surface area is 146 Å². The van der Waals surface area contributed by atoms with Crippen LogP contribution in [0.1, 0.15) is 25.0 Å². The van der Waals surface area contributed by atoms with E-state index in [0.29, 0.717) is 5.02 Å². The van der Waals surface area contributed by atoms with Gasteiger partial charge in [-0.3, -0.25) is 4.79 Å². The lowest BCUT2D eigenvalue weighted by atomic mass is 9.83. The Morgan fingerprint density at radius 2 is 2.00 bits per heavy atom. The number of rotatable bonds is 2. The van der Waals surface area contributed by atoms with Crippen molar-refractivity contribution in [2.45, 2.75) is 25.7 Å². The summed E-state index contributed by atoms with van der Waals surface area (Å²) in [5.74, 6) is 0.119. The summed E-state index contributed by atoms with van der Waals surface area (Å²) in [5, 5.41) is 1.69. The van der Waals surface area contributed by atoms with Crippen molar-refractivity contribution < 1.29 is 4.79 Å². The fraction of sp³-hybridized carbons (Fsp3) is 0.250. The molecule has 0 saturated heterocycles. The highest BCUT2D eigenvalue weighted by Crippen LogP contribution is 2.37. The molecule has 0 bridgehead atoms. The average Bonchev–Trinajstić information content (AvgIpc) is 3.17. The third-order valence-corrected chi connectivity index (χ3v) is 5.22. The van der Waals surface area contributed by atoms with Crippen molar-refractivity contribution in [2.24, 2.45) is 0 Å². The molecule has 3 aromatic rings. The number of para-hydroxylation sites is 1. The van der Waals surface area contributed by atoms with Crippen molar-refractivity contribution in [1.29, 1.82) is 0 Å². The lowest BCUT2D eigenvalue weighted by molar-refractivity contribution is -0.122. The fourth-order valence-corrected chi connectivity index (χ4v) is 3.78. The summed E-state index contributed by atoms with van der Waals surface area (Å²) in [6.45, 7) is 4.71. The van der Waals surface area contributed by atoms with E-state index in [1.807, 2.05) is 61.3 Å². The number of H-pyrrole nitrogens is 1. The van der Waals surface area contributed by atoms with Crippen LogP contribution in [-0.2, 0) is 16.6 Å². The van der Waals surface area contributed by atoms with Crippen LogP contribution < -0.4 is 4.90 Å². The predicted molar refractivity (Wildman–Crippen MR) is 98.8 cm³/mol. The first-order valence-electron chi connectivity index (χ1n) is 8.15. The van der Waals surface area contributed by atoms with Crippen molar-refractivity contribution in [2.75, 3.05) is 11.4 Å². The third kappa shape index (κ3) is 2.23. The minimum Gasteiger partial charge on any atom is -0.361 e. The maximum Gasteiger partial charge on any atom is 0.237 e. The van der Waals surface area contributed by atoms with E-state index in [1.165, 1.54) is 5.56 Å². The van der Waals surface area contributed by atoms with Crippen molar-refractivity contribution >= 4 is 34.1 Å². The smallest absolute Gasteiger partial charge is 0.237 e. The van der Waals surface area contributed by atoms with Gasteiger partial charge in [0.1, 0.15) is 0 Å². The Morgan fingerprint density at radius 3 is 2.83 bits per heavy atom. The Bertz CT molecular complexity index is 942. The van der Waals surface area contributed by atoms with Crippen molar-refractivity contribution in [3.8, 4) is 0 Å². The van der Waals surface area contributed by atoms with Gasteiger partial charge in [0.15, 0.2) is 0 Å². The monoisotopic (exact) mass is 338 g/mol. The number of aromatic nitrogens is 1. The Balaban J connectivity index is 1.77. The topological polar surface area (TPSA) is 36.1 Å². The molecular formula is C20H19ClN2O. The van der Waals surface area contributed by atoms with Gasteiger partial charge in [-0.2, -0.15) is 0 Å². The van der Waals surface area contributed by atoms with Gasteiger partial charge < -0.3 is 9.88 Å². The van der Waals surface area contributed by atoms with Crippen molar-refractivity contribution in [3.63, 3.8) is 0 Å². The van der Waals surface area contributed by atoms with E-state index >= 15 is 0 Å². The van der Waals surface area contributed by atoms with Gasteiger partial charge in [-0.15, -0.1) is 0 Å². The zero-order valence-electron chi connectivity index (χ0n) is 13.8. The second kappa shape index (κ2) is 5.38. The molecule has 2 aromatic carbocycles. The van der Waals surface area contributed by atoms with E-state index < -0.39 is 5.41 Å². The van der Waals surface area contributed by atoms with E-state index in [2.05, 4.69) is 11.1 Å². The molecule has 0 aliphatic carbocycles. The first-order chi connectivity index (χ1) is 11.5. The summed E-state index contributed by atoms with van der Waals surface area (Å²) in [7, 11) is 0. The second-order valence-electron chi connectivity index (χ2n) is 6.85. The predicted octanol–water partition coefficient (Wildman–Crippen LogP) is 4.69. The molecule has 0 radical (unpaired) electrons. The van der Waals surface area contributed by atoms with Crippen LogP contribution in [0.2, 0.25) is 5.02 Å². The Morgan fingerprint density at radius 1 is 1.21 bits per heavy atom. The van der Waals surface area contributed by atoms with Crippen LogP contribution in [0.3, 0.4) is 0 Å². The molecule has 4 rings (SSSR count). The maximum absolute atomic E-state index is 13.3.